The van der Waals surface area contributed by atoms with E-state index >= 15 is 0 Å². The number of benzene rings is 8. The van der Waals surface area contributed by atoms with Gasteiger partial charge in [0.15, 0.2) is 17.5 Å². The molecule has 0 N–H and O–H groups in total. The zero-order valence-corrected chi connectivity index (χ0v) is 32.5. The minimum Gasteiger partial charge on any atom is -0.456 e. The van der Waals surface area contributed by atoms with Crippen molar-refractivity contribution in [1.82, 2.24) is 19.5 Å². The molecule has 0 spiro atoms. The van der Waals surface area contributed by atoms with E-state index in [2.05, 4.69) is 158 Å². The van der Waals surface area contributed by atoms with Crippen LogP contribution in [0, 0.1) is 0 Å². The third-order valence-corrected chi connectivity index (χ3v) is 12.3. The van der Waals surface area contributed by atoms with Crippen LogP contribution in [0.5, 0.6) is 0 Å². The van der Waals surface area contributed by atoms with Crippen molar-refractivity contribution in [3.63, 3.8) is 0 Å². The van der Waals surface area contributed by atoms with Gasteiger partial charge in [0.25, 0.3) is 0 Å². The van der Waals surface area contributed by atoms with E-state index in [-0.39, 0.29) is 5.41 Å². The molecule has 3 aromatic heterocycles. The lowest BCUT2D eigenvalue weighted by atomic mass is 9.82. The summed E-state index contributed by atoms with van der Waals surface area (Å²) in [4.78, 5) is 15.3. The van der Waals surface area contributed by atoms with E-state index in [1.807, 2.05) is 42.5 Å². The predicted octanol–water partition coefficient (Wildman–Crippen LogP) is 13.8. The number of para-hydroxylation sites is 1. The molecule has 0 amide bonds. The summed E-state index contributed by atoms with van der Waals surface area (Å²) in [7, 11) is 0. The van der Waals surface area contributed by atoms with Gasteiger partial charge in [-0.15, -0.1) is 0 Å². The van der Waals surface area contributed by atoms with Crippen molar-refractivity contribution in [2.75, 3.05) is 0 Å². The Bertz CT molecular complexity index is 3450. The molecule has 0 unspecified atom stereocenters. The summed E-state index contributed by atoms with van der Waals surface area (Å²) < 4.78 is 8.94. The van der Waals surface area contributed by atoms with Crippen LogP contribution in [0.3, 0.4) is 0 Å². The molecule has 0 atom stereocenters. The predicted molar refractivity (Wildman–Crippen MR) is 241 cm³/mol. The minimum atomic E-state index is -0.0991. The lowest BCUT2D eigenvalue weighted by molar-refractivity contribution is 0.661. The van der Waals surface area contributed by atoms with Gasteiger partial charge in [0, 0.05) is 54.9 Å². The van der Waals surface area contributed by atoms with Gasteiger partial charge >= 0.3 is 0 Å². The Morgan fingerprint density at radius 3 is 1.83 bits per heavy atom. The lowest BCUT2D eigenvalue weighted by Crippen LogP contribution is -2.14. The van der Waals surface area contributed by atoms with Crippen LogP contribution in [-0.4, -0.2) is 19.5 Å². The van der Waals surface area contributed by atoms with Crippen molar-refractivity contribution in [1.29, 1.82) is 0 Å². The highest BCUT2D eigenvalue weighted by Gasteiger charge is 2.37. The van der Waals surface area contributed by atoms with Gasteiger partial charge in [0.2, 0.25) is 0 Å². The fraction of sp³-hybridized carbons (Fsp3) is 0.0556. The summed E-state index contributed by atoms with van der Waals surface area (Å²) in [5.41, 5.74) is 15.4. The first-order valence-electron chi connectivity index (χ1n) is 20.1. The number of aromatic nitrogens is 4. The average molecular weight is 757 g/mol. The molecule has 0 saturated carbocycles. The van der Waals surface area contributed by atoms with E-state index in [1.54, 1.807) is 0 Å². The minimum absolute atomic E-state index is 0.0991. The molecular weight excluding hydrogens is 721 g/mol. The maximum Gasteiger partial charge on any atom is 0.164 e. The van der Waals surface area contributed by atoms with Crippen LogP contribution >= 0.6 is 0 Å². The Balaban J connectivity index is 1.01. The van der Waals surface area contributed by atoms with E-state index in [4.69, 9.17) is 19.4 Å². The Morgan fingerprint density at radius 2 is 1.05 bits per heavy atom. The Labute approximate surface area is 340 Å². The largest absolute Gasteiger partial charge is 0.456 e. The molecule has 8 aromatic carbocycles. The summed E-state index contributed by atoms with van der Waals surface area (Å²) in [5, 5.41) is 4.65. The highest BCUT2D eigenvalue weighted by molar-refractivity contribution is 6.16. The molecule has 0 bridgehead atoms. The third-order valence-electron chi connectivity index (χ3n) is 12.3. The molecule has 11 aromatic rings. The van der Waals surface area contributed by atoms with Crippen molar-refractivity contribution in [2.45, 2.75) is 19.3 Å². The number of nitrogens with zero attached hydrogens (tertiary/aromatic N) is 4. The lowest BCUT2D eigenvalue weighted by Gasteiger charge is -2.21. The zero-order chi connectivity index (χ0) is 39.2. The molecule has 0 saturated heterocycles. The second kappa shape index (κ2) is 12.7. The van der Waals surface area contributed by atoms with Gasteiger partial charge in [-0.2, -0.15) is 0 Å². The molecule has 0 aliphatic heterocycles. The Morgan fingerprint density at radius 1 is 0.441 bits per heavy atom. The first-order valence-corrected chi connectivity index (χ1v) is 20.1. The highest BCUT2D eigenvalue weighted by atomic mass is 16.3. The summed E-state index contributed by atoms with van der Waals surface area (Å²) in [5.74, 6) is 1.81. The second-order valence-corrected chi connectivity index (χ2v) is 16.0. The van der Waals surface area contributed by atoms with Crippen LogP contribution in [0.4, 0.5) is 0 Å². The summed E-state index contributed by atoms with van der Waals surface area (Å²) >= 11 is 0. The highest BCUT2D eigenvalue weighted by Crippen LogP contribution is 2.53. The number of hydrogen-bond acceptors (Lipinski definition) is 4. The second-order valence-electron chi connectivity index (χ2n) is 16.0. The molecular formula is C54H36N4O. The zero-order valence-electron chi connectivity index (χ0n) is 32.5. The van der Waals surface area contributed by atoms with Gasteiger partial charge < -0.3 is 8.98 Å². The first kappa shape index (κ1) is 33.5. The molecule has 1 aliphatic carbocycles. The van der Waals surface area contributed by atoms with Crippen LogP contribution in [0.2, 0.25) is 0 Å². The molecule has 0 radical (unpaired) electrons. The van der Waals surface area contributed by atoms with Crippen molar-refractivity contribution in [3.8, 4) is 62.1 Å². The fourth-order valence-electron chi connectivity index (χ4n) is 9.44. The van der Waals surface area contributed by atoms with Crippen molar-refractivity contribution >= 4 is 43.7 Å². The van der Waals surface area contributed by atoms with Crippen LogP contribution < -0.4 is 0 Å². The van der Waals surface area contributed by atoms with E-state index in [1.165, 1.54) is 44.1 Å². The van der Waals surface area contributed by atoms with Gasteiger partial charge in [-0.25, -0.2) is 15.0 Å². The van der Waals surface area contributed by atoms with Crippen LogP contribution in [0.15, 0.2) is 186 Å². The van der Waals surface area contributed by atoms with Crippen molar-refractivity contribution in [2.24, 2.45) is 0 Å². The third kappa shape index (κ3) is 5.08. The summed E-state index contributed by atoms with van der Waals surface area (Å²) in [6.45, 7) is 4.68. The molecule has 59 heavy (non-hydrogen) atoms. The fourth-order valence-corrected chi connectivity index (χ4v) is 9.44. The summed E-state index contributed by atoms with van der Waals surface area (Å²) in [6, 6.07) is 64.1. The van der Waals surface area contributed by atoms with Gasteiger partial charge in [0.1, 0.15) is 11.2 Å². The number of furan rings is 1. The maximum absolute atomic E-state index is 6.50. The smallest absolute Gasteiger partial charge is 0.164 e. The topological polar surface area (TPSA) is 56.7 Å². The Kier molecular flexibility index (Phi) is 7.20. The molecule has 1 aliphatic rings. The number of rotatable bonds is 5. The SMILES string of the molecule is CC1(C)c2ccccc2-c2c1ccc1c3ccccc3n(-c3ccc(-c4nc(-c5ccccc5)nc(-c5ccc6c(c5)oc5cccc(-c7ccccc7)c56)n4)cc3)c21. The molecule has 0 fully saturated rings. The standard InChI is InChI=1S/C54H36N4O/c1-54(2)43-21-11-9-19-41(43)49-44(54)31-30-40-39-18-10-12-22-45(39)58(50(40)49)37-27-24-35(25-28-37)52-55-51(34-16-7-4-8-17-34)56-53(57-52)36-26-29-42-47(32-36)59-46-23-13-20-38(48(42)46)33-14-5-3-6-15-33/h3-32H,1-2H3. The number of fused-ring (bicyclic) bond motifs is 10. The Hall–Kier alpha value is -7.63. The quantitative estimate of drug-likeness (QED) is 0.175. The van der Waals surface area contributed by atoms with E-state index in [9.17, 15) is 0 Å². The average Bonchev–Trinajstić information content (AvgIpc) is 3.92. The van der Waals surface area contributed by atoms with Gasteiger partial charge in [-0.3, -0.25) is 0 Å². The van der Waals surface area contributed by atoms with Gasteiger partial charge in [-0.05, 0) is 76.3 Å². The number of hydrogen-bond donors (Lipinski definition) is 0. The molecule has 278 valence electrons. The molecule has 5 heteroatoms. The van der Waals surface area contributed by atoms with Crippen LogP contribution in [-0.2, 0) is 5.41 Å². The van der Waals surface area contributed by atoms with Gasteiger partial charge in [-0.1, -0.05) is 147 Å². The summed E-state index contributed by atoms with van der Waals surface area (Å²) in [6.07, 6.45) is 0. The van der Waals surface area contributed by atoms with Crippen LogP contribution in [0.25, 0.3) is 106 Å². The first-order chi connectivity index (χ1) is 29.0. The maximum atomic E-state index is 6.50. The van der Waals surface area contributed by atoms with E-state index in [0.29, 0.717) is 17.5 Å². The normalized spacial score (nSPS) is 13.1. The molecule has 5 nitrogen and oxygen atoms in total. The molecule has 12 rings (SSSR count). The van der Waals surface area contributed by atoms with E-state index in [0.717, 1.165) is 55.4 Å². The van der Waals surface area contributed by atoms with Crippen LogP contribution in [0.1, 0.15) is 25.0 Å². The monoisotopic (exact) mass is 756 g/mol. The van der Waals surface area contributed by atoms with Crippen molar-refractivity contribution < 1.29 is 4.42 Å². The van der Waals surface area contributed by atoms with Crippen molar-refractivity contribution in [3.05, 3.63) is 193 Å². The molecule has 3 heterocycles. The van der Waals surface area contributed by atoms with Gasteiger partial charge in [0.05, 0.1) is 11.0 Å². The van der Waals surface area contributed by atoms with E-state index < -0.39 is 0 Å².